The highest BCUT2D eigenvalue weighted by Crippen LogP contribution is 2.05. The van der Waals surface area contributed by atoms with Crippen LogP contribution in [0.25, 0.3) is 0 Å². The van der Waals surface area contributed by atoms with Crippen molar-refractivity contribution in [3.8, 4) is 0 Å². The van der Waals surface area contributed by atoms with Gasteiger partial charge in [-0.05, 0) is 12.3 Å². The lowest BCUT2D eigenvalue weighted by atomic mass is 10.1. The van der Waals surface area contributed by atoms with E-state index in [9.17, 15) is 9.90 Å². The molecule has 0 fully saturated rings. The van der Waals surface area contributed by atoms with Crippen LogP contribution in [0.5, 0.6) is 0 Å². The summed E-state index contributed by atoms with van der Waals surface area (Å²) in [6.45, 7) is 4.96. The Morgan fingerprint density at radius 3 is 2.73 bits per heavy atom. The molecule has 2 N–H and O–H groups in total. The average Bonchev–Trinajstić information content (AvgIpc) is 2.18. The number of amides is 1. The highest BCUT2D eigenvalue weighted by Gasteiger charge is 2.08. The first kappa shape index (κ1) is 14.4. The number of methoxy groups -OCH3 is 1. The lowest BCUT2D eigenvalue weighted by molar-refractivity contribution is -0.122. The topological polar surface area (TPSA) is 58.6 Å². The van der Waals surface area contributed by atoms with E-state index in [1.807, 2.05) is 0 Å². The van der Waals surface area contributed by atoms with Crippen LogP contribution in [0, 0.1) is 5.92 Å². The van der Waals surface area contributed by atoms with Crippen molar-refractivity contribution in [3.63, 3.8) is 0 Å². The van der Waals surface area contributed by atoms with Crippen molar-refractivity contribution in [1.29, 1.82) is 0 Å². The third-order valence-corrected chi connectivity index (χ3v) is 2.39. The second-order valence-electron chi connectivity index (χ2n) is 3.97. The van der Waals surface area contributed by atoms with Crippen LogP contribution in [0.15, 0.2) is 0 Å². The van der Waals surface area contributed by atoms with Crippen molar-refractivity contribution >= 4 is 5.91 Å². The molecule has 0 aromatic carbocycles. The second-order valence-corrected chi connectivity index (χ2v) is 3.97. The molecule has 0 aromatic rings. The standard InChI is InChI=1S/C11H23NO3/c1-4-9(2)7-11(14)12-6-5-10(13)8-15-3/h9-10,13H,4-8H2,1-3H3,(H,12,14). The number of aliphatic hydroxyl groups is 1. The Morgan fingerprint density at radius 2 is 2.20 bits per heavy atom. The van der Waals surface area contributed by atoms with E-state index in [2.05, 4.69) is 19.2 Å². The van der Waals surface area contributed by atoms with E-state index >= 15 is 0 Å². The zero-order chi connectivity index (χ0) is 11.7. The lowest BCUT2D eigenvalue weighted by Gasteiger charge is -2.11. The molecule has 0 aliphatic carbocycles. The normalized spacial score (nSPS) is 14.7. The van der Waals surface area contributed by atoms with E-state index in [0.29, 0.717) is 31.9 Å². The Balaban J connectivity index is 3.46. The van der Waals surface area contributed by atoms with Gasteiger partial charge < -0.3 is 15.2 Å². The largest absolute Gasteiger partial charge is 0.391 e. The van der Waals surface area contributed by atoms with Gasteiger partial charge in [-0.3, -0.25) is 4.79 Å². The number of hydrogen-bond donors (Lipinski definition) is 2. The summed E-state index contributed by atoms with van der Waals surface area (Å²) >= 11 is 0. The van der Waals surface area contributed by atoms with Crippen LogP contribution in [0.2, 0.25) is 0 Å². The summed E-state index contributed by atoms with van der Waals surface area (Å²) in [4.78, 5) is 11.3. The summed E-state index contributed by atoms with van der Waals surface area (Å²) in [7, 11) is 1.55. The third-order valence-electron chi connectivity index (χ3n) is 2.39. The summed E-state index contributed by atoms with van der Waals surface area (Å²) in [5, 5.41) is 12.1. The summed E-state index contributed by atoms with van der Waals surface area (Å²) in [5.74, 6) is 0.489. The minimum absolute atomic E-state index is 0.0639. The first-order valence-electron chi connectivity index (χ1n) is 5.53. The molecule has 1 amide bonds. The molecule has 0 radical (unpaired) electrons. The molecular formula is C11H23NO3. The molecule has 2 unspecified atom stereocenters. The van der Waals surface area contributed by atoms with Gasteiger partial charge in [0.2, 0.25) is 5.91 Å². The highest BCUT2D eigenvalue weighted by molar-refractivity contribution is 5.76. The molecule has 90 valence electrons. The van der Waals surface area contributed by atoms with Gasteiger partial charge in [0.1, 0.15) is 0 Å². The number of aliphatic hydroxyl groups excluding tert-OH is 1. The van der Waals surface area contributed by atoms with Gasteiger partial charge in [-0.15, -0.1) is 0 Å². The second kappa shape index (κ2) is 8.68. The van der Waals surface area contributed by atoms with Crippen LogP contribution in [0.4, 0.5) is 0 Å². The number of carbonyl (C=O) groups is 1. The minimum Gasteiger partial charge on any atom is -0.391 e. The van der Waals surface area contributed by atoms with Gasteiger partial charge in [0.05, 0.1) is 12.7 Å². The van der Waals surface area contributed by atoms with Crippen molar-refractivity contribution in [2.45, 2.75) is 39.2 Å². The summed E-state index contributed by atoms with van der Waals surface area (Å²) in [6, 6.07) is 0. The molecule has 0 bridgehead atoms. The average molecular weight is 217 g/mol. The number of ether oxygens (including phenoxy) is 1. The molecule has 0 aromatic heterocycles. The highest BCUT2D eigenvalue weighted by atomic mass is 16.5. The van der Waals surface area contributed by atoms with Crippen molar-refractivity contribution < 1.29 is 14.6 Å². The van der Waals surface area contributed by atoms with Crippen molar-refractivity contribution in [1.82, 2.24) is 5.32 Å². The molecule has 15 heavy (non-hydrogen) atoms. The monoisotopic (exact) mass is 217 g/mol. The van der Waals surface area contributed by atoms with Gasteiger partial charge >= 0.3 is 0 Å². The predicted octanol–water partition coefficient (Wildman–Crippen LogP) is 0.936. The molecular weight excluding hydrogens is 194 g/mol. The quantitative estimate of drug-likeness (QED) is 0.636. The Hall–Kier alpha value is -0.610. The smallest absolute Gasteiger partial charge is 0.220 e. The molecule has 4 nitrogen and oxygen atoms in total. The zero-order valence-corrected chi connectivity index (χ0v) is 9.95. The molecule has 0 heterocycles. The minimum atomic E-state index is -0.487. The zero-order valence-electron chi connectivity index (χ0n) is 9.95. The fourth-order valence-corrected chi connectivity index (χ4v) is 1.19. The van der Waals surface area contributed by atoms with Gasteiger partial charge in [0.25, 0.3) is 0 Å². The van der Waals surface area contributed by atoms with Crippen LogP contribution < -0.4 is 5.32 Å². The summed E-state index contributed by atoms with van der Waals surface area (Å²) in [6.07, 6.45) is 1.63. The van der Waals surface area contributed by atoms with Gasteiger partial charge in [0, 0.05) is 20.1 Å². The van der Waals surface area contributed by atoms with Crippen molar-refractivity contribution in [2.75, 3.05) is 20.3 Å². The molecule has 0 rings (SSSR count). The van der Waals surface area contributed by atoms with Crippen LogP contribution in [0.1, 0.15) is 33.1 Å². The van der Waals surface area contributed by atoms with Crippen LogP contribution >= 0.6 is 0 Å². The molecule has 4 heteroatoms. The molecule has 2 atom stereocenters. The maximum Gasteiger partial charge on any atom is 0.220 e. The van der Waals surface area contributed by atoms with Crippen LogP contribution in [-0.4, -0.2) is 37.4 Å². The Labute approximate surface area is 92.0 Å². The van der Waals surface area contributed by atoms with Gasteiger partial charge in [0.15, 0.2) is 0 Å². The fourth-order valence-electron chi connectivity index (χ4n) is 1.19. The molecule has 0 aliphatic heterocycles. The predicted molar refractivity (Wildman–Crippen MR) is 59.6 cm³/mol. The molecule has 0 saturated heterocycles. The van der Waals surface area contributed by atoms with Gasteiger partial charge in [-0.2, -0.15) is 0 Å². The lowest BCUT2D eigenvalue weighted by Crippen LogP contribution is -2.29. The van der Waals surface area contributed by atoms with Crippen molar-refractivity contribution in [3.05, 3.63) is 0 Å². The van der Waals surface area contributed by atoms with Crippen molar-refractivity contribution in [2.24, 2.45) is 5.92 Å². The van der Waals surface area contributed by atoms with E-state index in [0.717, 1.165) is 6.42 Å². The fraction of sp³-hybridized carbons (Fsp3) is 0.909. The number of nitrogens with one attached hydrogen (secondary N) is 1. The Bertz CT molecular complexity index is 173. The summed E-state index contributed by atoms with van der Waals surface area (Å²) < 4.78 is 4.78. The van der Waals surface area contributed by atoms with E-state index in [4.69, 9.17) is 4.74 Å². The Morgan fingerprint density at radius 1 is 1.53 bits per heavy atom. The summed E-state index contributed by atoms with van der Waals surface area (Å²) in [5.41, 5.74) is 0. The van der Waals surface area contributed by atoms with Gasteiger partial charge in [-0.1, -0.05) is 20.3 Å². The number of rotatable bonds is 8. The molecule has 0 aliphatic rings. The number of hydrogen-bond acceptors (Lipinski definition) is 3. The maximum atomic E-state index is 11.3. The Kier molecular flexibility index (Phi) is 8.33. The molecule has 0 spiro atoms. The van der Waals surface area contributed by atoms with Crippen LogP contribution in [-0.2, 0) is 9.53 Å². The van der Waals surface area contributed by atoms with Gasteiger partial charge in [-0.25, -0.2) is 0 Å². The van der Waals surface area contributed by atoms with E-state index in [1.54, 1.807) is 7.11 Å². The first-order valence-corrected chi connectivity index (χ1v) is 5.53. The van der Waals surface area contributed by atoms with E-state index < -0.39 is 6.10 Å². The van der Waals surface area contributed by atoms with Crippen LogP contribution in [0.3, 0.4) is 0 Å². The number of carbonyl (C=O) groups excluding carboxylic acids is 1. The van der Waals surface area contributed by atoms with E-state index in [-0.39, 0.29) is 5.91 Å². The third kappa shape index (κ3) is 8.39. The molecule has 0 saturated carbocycles. The van der Waals surface area contributed by atoms with E-state index in [1.165, 1.54) is 0 Å². The SMILES string of the molecule is CCC(C)CC(=O)NCCC(O)COC. The maximum absolute atomic E-state index is 11.3. The first-order chi connectivity index (χ1) is 7.10.